The predicted molar refractivity (Wildman–Crippen MR) is 77.3 cm³/mol. The molecule has 1 aliphatic rings. The third-order valence-corrected chi connectivity index (χ3v) is 4.33. The van der Waals surface area contributed by atoms with Crippen LogP contribution in [0.2, 0.25) is 0 Å². The Morgan fingerprint density at radius 3 is 2.70 bits per heavy atom. The third-order valence-electron chi connectivity index (χ3n) is 4.33. The molecule has 6 nitrogen and oxygen atoms in total. The zero-order valence-electron chi connectivity index (χ0n) is 12.0. The van der Waals surface area contributed by atoms with Crippen LogP contribution in [0.25, 0.3) is 0 Å². The van der Waals surface area contributed by atoms with Gasteiger partial charge in [-0.1, -0.05) is 26.2 Å². The lowest BCUT2D eigenvalue weighted by molar-refractivity contribution is 0.0716. The molecule has 112 valence electrons. The first-order valence-electron chi connectivity index (χ1n) is 7.33. The lowest BCUT2D eigenvalue weighted by Crippen LogP contribution is -2.41. The van der Waals surface area contributed by atoms with Crippen LogP contribution in [0.15, 0.2) is 0 Å². The van der Waals surface area contributed by atoms with Gasteiger partial charge < -0.3 is 16.2 Å². The molecule has 1 heterocycles. The topological polar surface area (TPSA) is 104 Å². The van der Waals surface area contributed by atoms with E-state index in [0.717, 1.165) is 31.4 Å². The first-order chi connectivity index (χ1) is 9.62. The summed E-state index contributed by atoms with van der Waals surface area (Å²) in [5.74, 6) is -0.267. The van der Waals surface area contributed by atoms with Crippen LogP contribution in [0.5, 0.6) is 0 Å². The molecule has 0 atom stereocenters. The van der Waals surface area contributed by atoms with Gasteiger partial charge in [-0.2, -0.15) is 5.10 Å². The van der Waals surface area contributed by atoms with Crippen molar-refractivity contribution in [2.24, 2.45) is 5.41 Å². The Kier molecular flexibility index (Phi) is 4.65. The molecule has 20 heavy (non-hydrogen) atoms. The Balaban J connectivity index is 1.98. The molecule has 1 amide bonds. The van der Waals surface area contributed by atoms with Crippen LogP contribution in [0.4, 0.5) is 5.69 Å². The second-order valence-corrected chi connectivity index (χ2v) is 5.72. The number of carbonyl (C=O) groups excluding carboxylic acids is 1. The van der Waals surface area contributed by atoms with Crippen molar-refractivity contribution >= 4 is 11.6 Å². The van der Waals surface area contributed by atoms with Crippen molar-refractivity contribution in [1.82, 2.24) is 15.5 Å². The van der Waals surface area contributed by atoms with E-state index in [1.807, 2.05) is 6.92 Å². The van der Waals surface area contributed by atoms with Gasteiger partial charge in [0.25, 0.3) is 5.91 Å². The van der Waals surface area contributed by atoms with Crippen molar-refractivity contribution in [2.45, 2.75) is 45.4 Å². The average Bonchev–Trinajstić information content (AvgIpc) is 2.86. The SMILES string of the molecule is CCc1[nH]nc(C(=O)NCC2(CO)CCCCC2)c1N. The van der Waals surface area contributed by atoms with Crippen molar-refractivity contribution in [3.8, 4) is 0 Å². The summed E-state index contributed by atoms with van der Waals surface area (Å²) < 4.78 is 0. The van der Waals surface area contributed by atoms with Crippen LogP contribution < -0.4 is 11.1 Å². The van der Waals surface area contributed by atoms with E-state index in [-0.39, 0.29) is 23.6 Å². The highest BCUT2D eigenvalue weighted by Crippen LogP contribution is 2.35. The molecule has 0 saturated heterocycles. The molecule has 6 heteroatoms. The number of amides is 1. The number of aromatic nitrogens is 2. The van der Waals surface area contributed by atoms with E-state index in [1.54, 1.807) is 0 Å². The molecular formula is C14H24N4O2. The van der Waals surface area contributed by atoms with Gasteiger partial charge in [0.15, 0.2) is 5.69 Å². The van der Waals surface area contributed by atoms with E-state index in [4.69, 9.17) is 5.73 Å². The number of aliphatic hydroxyl groups is 1. The third kappa shape index (κ3) is 2.95. The summed E-state index contributed by atoms with van der Waals surface area (Å²) >= 11 is 0. The maximum atomic E-state index is 12.1. The summed E-state index contributed by atoms with van der Waals surface area (Å²) in [6.45, 7) is 2.55. The highest BCUT2D eigenvalue weighted by Gasteiger charge is 2.32. The standard InChI is InChI=1S/C14H24N4O2/c1-2-10-11(15)12(18-17-10)13(20)16-8-14(9-19)6-4-3-5-7-14/h19H,2-9,15H2,1H3,(H,16,20)(H,17,18). The molecule has 2 rings (SSSR count). The van der Waals surface area contributed by atoms with E-state index < -0.39 is 0 Å². The van der Waals surface area contributed by atoms with Crippen LogP contribution in [-0.2, 0) is 6.42 Å². The Labute approximate surface area is 119 Å². The lowest BCUT2D eigenvalue weighted by Gasteiger charge is -2.35. The number of aromatic amines is 1. The molecule has 1 fully saturated rings. The number of carbonyl (C=O) groups is 1. The molecule has 0 aliphatic heterocycles. The van der Waals surface area contributed by atoms with E-state index in [0.29, 0.717) is 18.7 Å². The van der Waals surface area contributed by atoms with Gasteiger partial charge >= 0.3 is 0 Å². The van der Waals surface area contributed by atoms with Crippen molar-refractivity contribution in [3.05, 3.63) is 11.4 Å². The molecule has 1 aliphatic carbocycles. The zero-order valence-corrected chi connectivity index (χ0v) is 12.0. The highest BCUT2D eigenvalue weighted by molar-refractivity contribution is 5.97. The second-order valence-electron chi connectivity index (χ2n) is 5.72. The minimum atomic E-state index is -0.267. The molecule has 5 N–H and O–H groups in total. The van der Waals surface area contributed by atoms with Crippen LogP contribution in [-0.4, -0.2) is 34.4 Å². The van der Waals surface area contributed by atoms with Gasteiger partial charge in [0.1, 0.15) is 0 Å². The Morgan fingerprint density at radius 1 is 1.45 bits per heavy atom. The van der Waals surface area contributed by atoms with E-state index >= 15 is 0 Å². The number of aliphatic hydroxyl groups excluding tert-OH is 1. The van der Waals surface area contributed by atoms with Crippen LogP contribution in [0, 0.1) is 5.41 Å². The molecular weight excluding hydrogens is 256 g/mol. The fourth-order valence-corrected chi connectivity index (χ4v) is 2.87. The first kappa shape index (κ1) is 14.8. The first-order valence-corrected chi connectivity index (χ1v) is 7.33. The fourth-order valence-electron chi connectivity index (χ4n) is 2.87. The van der Waals surface area contributed by atoms with Crippen LogP contribution in [0.3, 0.4) is 0 Å². The smallest absolute Gasteiger partial charge is 0.273 e. The number of nitrogens with one attached hydrogen (secondary N) is 2. The number of nitrogens with zero attached hydrogens (tertiary/aromatic N) is 1. The molecule has 1 aromatic heterocycles. The Hall–Kier alpha value is -1.56. The molecule has 0 unspecified atom stereocenters. The summed E-state index contributed by atoms with van der Waals surface area (Å²) in [6, 6.07) is 0. The molecule has 0 bridgehead atoms. The Bertz CT molecular complexity index is 464. The normalized spacial score (nSPS) is 17.9. The van der Waals surface area contributed by atoms with Gasteiger partial charge in [0.05, 0.1) is 18.0 Å². The average molecular weight is 280 g/mol. The van der Waals surface area contributed by atoms with Crippen molar-refractivity contribution in [2.75, 3.05) is 18.9 Å². The van der Waals surface area contributed by atoms with Gasteiger partial charge in [-0.15, -0.1) is 0 Å². The zero-order chi connectivity index (χ0) is 14.6. The fraction of sp³-hybridized carbons (Fsp3) is 0.714. The number of aryl methyl sites for hydroxylation is 1. The number of nitrogens with two attached hydrogens (primary N) is 1. The van der Waals surface area contributed by atoms with E-state index in [9.17, 15) is 9.90 Å². The predicted octanol–water partition coefficient (Wildman–Crippen LogP) is 1.23. The minimum absolute atomic E-state index is 0.115. The monoisotopic (exact) mass is 280 g/mol. The summed E-state index contributed by atoms with van der Waals surface area (Å²) in [7, 11) is 0. The molecule has 0 spiro atoms. The van der Waals surface area contributed by atoms with Gasteiger partial charge in [-0.25, -0.2) is 0 Å². The summed E-state index contributed by atoms with van der Waals surface area (Å²) in [5, 5.41) is 19.3. The van der Waals surface area contributed by atoms with E-state index in [2.05, 4.69) is 15.5 Å². The number of H-pyrrole nitrogens is 1. The van der Waals surface area contributed by atoms with Crippen molar-refractivity contribution in [3.63, 3.8) is 0 Å². The summed E-state index contributed by atoms with van der Waals surface area (Å²) in [6.07, 6.45) is 6.07. The van der Waals surface area contributed by atoms with Gasteiger partial charge in [-0.3, -0.25) is 9.89 Å². The summed E-state index contributed by atoms with van der Waals surface area (Å²) in [4.78, 5) is 12.1. The quantitative estimate of drug-likeness (QED) is 0.651. The van der Waals surface area contributed by atoms with Crippen LogP contribution in [0.1, 0.15) is 55.2 Å². The molecule has 1 aromatic rings. The minimum Gasteiger partial charge on any atom is -0.396 e. The van der Waals surface area contributed by atoms with Gasteiger partial charge in [0.2, 0.25) is 0 Å². The molecule has 0 radical (unpaired) electrons. The molecule has 0 aromatic carbocycles. The Morgan fingerprint density at radius 2 is 2.15 bits per heavy atom. The lowest BCUT2D eigenvalue weighted by atomic mass is 9.74. The van der Waals surface area contributed by atoms with Crippen LogP contribution >= 0.6 is 0 Å². The summed E-state index contributed by atoms with van der Waals surface area (Å²) in [5.41, 5.74) is 7.17. The van der Waals surface area contributed by atoms with Crippen molar-refractivity contribution < 1.29 is 9.90 Å². The van der Waals surface area contributed by atoms with Gasteiger partial charge in [0, 0.05) is 12.0 Å². The number of hydrogen-bond donors (Lipinski definition) is 4. The number of anilines is 1. The largest absolute Gasteiger partial charge is 0.396 e. The number of rotatable bonds is 5. The highest BCUT2D eigenvalue weighted by atomic mass is 16.3. The van der Waals surface area contributed by atoms with E-state index in [1.165, 1.54) is 6.42 Å². The van der Waals surface area contributed by atoms with Gasteiger partial charge in [-0.05, 0) is 19.3 Å². The number of hydrogen-bond acceptors (Lipinski definition) is 4. The molecule has 1 saturated carbocycles. The number of nitrogen functional groups attached to an aromatic ring is 1. The second kappa shape index (κ2) is 6.26. The maximum Gasteiger partial charge on any atom is 0.273 e. The maximum absolute atomic E-state index is 12.1. The van der Waals surface area contributed by atoms with Crippen molar-refractivity contribution in [1.29, 1.82) is 0 Å².